The van der Waals surface area contributed by atoms with Crippen LogP contribution in [0.1, 0.15) is 52.1 Å². The predicted octanol–water partition coefficient (Wildman–Crippen LogP) is 6.17. The minimum atomic E-state index is -0.855. The lowest BCUT2D eigenvalue weighted by atomic mass is 9.89. The number of H-pyrrole nitrogens is 1. The summed E-state index contributed by atoms with van der Waals surface area (Å²) < 4.78 is 29.7. The SMILES string of the molecule is O=C(Nc1ccc(-c2ccccc2)nc1)c1n[nH]c2c1CC(c1cc(CN3CCCCC3)cc(F)c1F)=CC2. The number of hydrogen-bond acceptors (Lipinski definition) is 4. The number of benzene rings is 2. The molecule has 39 heavy (non-hydrogen) atoms. The molecule has 1 saturated heterocycles. The summed E-state index contributed by atoms with van der Waals surface area (Å²) in [5.74, 6) is -2.08. The number of fused-ring (bicyclic) bond motifs is 1. The fourth-order valence-corrected chi connectivity index (χ4v) is 5.43. The number of piperidine rings is 1. The molecule has 2 aromatic heterocycles. The second-order valence-corrected chi connectivity index (χ2v) is 10.2. The molecule has 1 amide bonds. The molecule has 0 unspecified atom stereocenters. The third-order valence-corrected chi connectivity index (χ3v) is 7.47. The van der Waals surface area contributed by atoms with Gasteiger partial charge in [0.05, 0.1) is 17.6 Å². The van der Waals surface area contributed by atoms with E-state index in [0.717, 1.165) is 48.4 Å². The summed E-state index contributed by atoms with van der Waals surface area (Å²) in [6.07, 6.45) is 7.70. The Hall–Kier alpha value is -4.17. The van der Waals surface area contributed by atoms with E-state index in [4.69, 9.17) is 0 Å². The summed E-state index contributed by atoms with van der Waals surface area (Å²) in [6.45, 7) is 2.54. The van der Waals surface area contributed by atoms with Gasteiger partial charge in [0.25, 0.3) is 5.91 Å². The van der Waals surface area contributed by atoms with Crippen molar-refractivity contribution < 1.29 is 13.6 Å². The highest BCUT2D eigenvalue weighted by Crippen LogP contribution is 2.32. The summed E-state index contributed by atoms with van der Waals surface area (Å²) in [5.41, 5.74) is 5.73. The van der Waals surface area contributed by atoms with Gasteiger partial charge in [-0.25, -0.2) is 8.78 Å². The molecule has 198 valence electrons. The molecule has 2 aromatic carbocycles. The molecule has 0 atom stereocenters. The van der Waals surface area contributed by atoms with E-state index in [1.54, 1.807) is 18.3 Å². The molecule has 8 heteroatoms. The first-order valence-electron chi connectivity index (χ1n) is 13.3. The van der Waals surface area contributed by atoms with Crippen LogP contribution >= 0.6 is 0 Å². The van der Waals surface area contributed by atoms with E-state index in [9.17, 15) is 9.18 Å². The van der Waals surface area contributed by atoms with Crippen LogP contribution in [0.3, 0.4) is 0 Å². The van der Waals surface area contributed by atoms with E-state index in [2.05, 4.69) is 25.4 Å². The number of carbonyl (C=O) groups is 1. The van der Waals surface area contributed by atoms with Crippen molar-refractivity contribution in [1.82, 2.24) is 20.1 Å². The number of nitrogens with zero attached hydrogens (tertiary/aromatic N) is 3. The lowest BCUT2D eigenvalue weighted by molar-refractivity contribution is 0.102. The van der Waals surface area contributed by atoms with Gasteiger partial charge in [0.15, 0.2) is 17.3 Å². The van der Waals surface area contributed by atoms with Crippen LogP contribution < -0.4 is 5.32 Å². The van der Waals surface area contributed by atoms with Crippen LogP contribution in [-0.2, 0) is 19.4 Å². The van der Waals surface area contributed by atoms with Gasteiger partial charge in [0, 0.05) is 41.8 Å². The van der Waals surface area contributed by atoms with Crippen molar-refractivity contribution in [3.8, 4) is 11.3 Å². The van der Waals surface area contributed by atoms with Crippen molar-refractivity contribution in [3.05, 3.63) is 107 Å². The van der Waals surface area contributed by atoms with Crippen LogP contribution in [0, 0.1) is 11.6 Å². The molecule has 1 aliphatic heterocycles. The number of hydrogen-bond donors (Lipinski definition) is 2. The third-order valence-electron chi connectivity index (χ3n) is 7.47. The van der Waals surface area contributed by atoms with Crippen molar-refractivity contribution >= 4 is 17.2 Å². The molecule has 0 bridgehead atoms. The maximum absolute atomic E-state index is 15.0. The second-order valence-electron chi connectivity index (χ2n) is 10.2. The monoisotopic (exact) mass is 525 g/mol. The zero-order valence-corrected chi connectivity index (χ0v) is 21.5. The number of anilines is 1. The average Bonchev–Trinajstić information content (AvgIpc) is 3.40. The molecular weight excluding hydrogens is 496 g/mol. The fourth-order valence-electron chi connectivity index (χ4n) is 5.43. The van der Waals surface area contributed by atoms with Crippen LogP contribution in [0.15, 0.2) is 66.9 Å². The Kier molecular flexibility index (Phi) is 7.02. The number of allylic oxidation sites excluding steroid dienone is 2. The van der Waals surface area contributed by atoms with Gasteiger partial charge in [-0.05, 0) is 61.3 Å². The summed E-state index contributed by atoms with van der Waals surface area (Å²) in [5, 5.41) is 10.1. The summed E-state index contributed by atoms with van der Waals surface area (Å²) in [6, 6.07) is 16.5. The molecule has 6 nitrogen and oxygen atoms in total. The number of likely N-dealkylation sites (tertiary alicyclic amines) is 1. The van der Waals surface area contributed by atoms with E-state index in [1.165, 1.54) is 12.5 Å². The highest BCUT2D eigenvalue weighted by Gasteiger charge is 2.26. The number of amides is 1. The van der Waals surface area contributed by atoms with E-state index < -0.39 is 11.6 Å². The number of nitrogens with one attached hydrogen (secondary N) is 2. The average molecular weight is 526 g/mol. The van der Waals surface area contributed by atoms with E-state index >= 15 is 4.39 Å². The molecule has 1 aliphatic carbocycles. The third kappa shape index (κ3) is 5.38. The van der Waals surface area contributed by atoms with E-state index in [0.29, 0.717) is 29.8 Å². The zero-order chi connectivity index (χ0) is 26.8. The van der Waals surface area contributed by atoms with E-state index in [-0.39, 0.29) is 23.6 Å². The highest BCUT2D eigenvalue weighted by atomic mass is 19.2. The number of aromatic amines is 1. The minimum absolute atomic E-state index is 0.244. The Balaban J connectivity index is 1.19. The smallest absolute Gasteiger partial charge is 0.276 e. The van der Waals surface area contributed by atoms with Gasteiger partial charge in [-0.1, -0.05) is 42.8 Å². The van der Waals surface area contributed by atoms with Gasteiger partial charge in [-0.15, -0.1) is 0 Å². The molecule has 3 heterocycles. The fraction of sp³-hybridized carbons (Fsp3) is 0.258. The normalized spacial score (nSPS) is 15.5. The number of pyridine rings is 1. The van der Waals surface area contributed by atoms with Gasteiger partial charge in [-0.2, -0.15) is 5.10 Å². The predicted molar refractivity (Wildman–Crippen MR) is 147 cm³/mol. The van der Waals surface area contributed by atoms with Crippen LogP contribution in [-0.4, -0.2) is 39.1 Å². The Bertz CT molecular complexity index is 1520. The zero-order valence-electron chi connectivity index (χ0n) is 21.5. The summed E-state index contributed by atoms with van der Waals surface area (Å²) >= 11 is 0. The quantitative estimate of drug-likeness (QED) is 0.316. The topological polar surface area (TPSA) is 73.9 Å². The largest absolute Gasteiger partial charge is 0.319 e. The van der Waals surface area contributed by atoms with E-state index in [1.807, 2.05) is 42.5 Å². The van der Waals surface area contributed by atoms with Crippen molar-refractivity contribution in [2.24, 2.45) is 0 Å². The Morgan fingerprint density at radius 2 is 1.85 bits per heavy atom. The Labute approximate surface area is 225 Å². The van der Waals surface area contributed by atoms with Crippen LogP contribution in [0.4, 0.5) is 14.5 Å². The molecule has 0 saturated carbocycles. The summed E-state index contributed by atoms with van der Waals surface area (Å²) in [4.78, 5) is 19.9. The first kappa shape index (κ1) is 25.1. The number of halogens is 2. The molecule has 2 aliphatic rings. The molecule has 1 fully saturated rings. The minimum Gasteiger partial charge on any atom is -0.319 e. The second kappa shape index (κ2) is 10.9. The molecule has 6 rings (SSSR count). The lowest BCUT2D eigenvalue weighted by Crippen LogP contribution is -2.29. The standard InChI is InChI=1S/C31H29F2N5O/c32-26-16-20(19-38-13-5-2-6-14-38)15-24(29(26)33)22-9-11-28-25(17-22)30(37-36-28)31(39)35-23-10-12-27(34-18-23)21-7-3-1-4-8-21/h1,3-4,7-10,12,15-16,18H,2,5-6,11,13-14,17,19H2,(H,35,39)(H,36,37). The molecule has 0 spiro atoms. The first-order valence-corrected chi connectivity index (χ1v) is 13.3. The van der Waals surface area contributed by atoms with Crippen molar-refractivity contribution in [1.29, 1.82) is 0 Å². The van der Waals surface area contributed by atoms with Crippen LogP contribution in [0.5, 0.6) is 0 Å². The van der Waals surface area contributed by atoms with Crippen LogP contribution in [0.2, 0.25) is 0 Å². The maximum Gasteiger partial charge on any atom is 0.276 e. The molecule has 4 aromatic rings. The lowest BCUT2D eigenvalue weighted by Gasteiger charge is -2.26. The molecule has 2 N–H and O–H groups in total. The molecule has 0 radical (unpaired) electrons. The first-order chi connectivity index (χ1) is 19.0. The highest BCUT2D eigenvalue weighted by molar-refractivity contribution is 6.04. The van der Waals surface area contributed by atoms with Crippen molar-refractivity contribution in [2.75, 3.05) is 18.4 Å². The Morgan fingerprint density at radius 3 is 2.62 bits per heavy atom. The van der Waals surface area contributed by atoms with Crippen molar-refractivity contribution in [2.45, 2.75) is 38.6 Å². The number of aromatic nitrogens is 3. The number of rotatable bonds is 6. The van der Waals surface area contributed by atoms with Gasteiger partial charge in [-0.3, -0.25) is 19.8 Å². The maximum atomic E-state index is 15.0. The van der Waals surface area contributed by atoms with Gasteiger partial charge < -0.3 is 5.32 Å². The summed E-state index contributed by atoms with van der Waals surface area (Å²) in [7, 11) is 0. The Morgan fingerprint density at radius 1 is 1.03 bits per heavy atom. The van der Waals surface area contributed by atoms with Gasteiger partial charge >= 0.3 is 0 Å². The van der Waals surface area contributed by atoms with Crippen LogP contribution in [0.25, 0.3) is 16.8 Å². The van der Waals surface area contributed by atoms with Gasteiger partial charge in [0.2, 0.25) is 0 Å². The molecular formula is C31H29F2N5O. The van der Waals surface area contributed by atoms with Gasteiger partial charge in [0.1, 0.15) is 0 Å². The number of carbonyl (C=O) groups excluding carboxylic acids is 1. The van der Waals surface area contributed by atoms with Crippen molar-refractivity contribution in [3.63, 3.8) is 0 Å².